The van der Waals surface area contributed by atoms with Crippen molar-refractivity contribution in [2.24, 2.45) is 0 Å². The maximum absolute atomic E-state index is 12.8. The summed E-state index contributed by atoms with van der Waals surface area (Å²) in [7, 11) is 0. The van der Waals surface area contributed by atoms with Crippen molar-refractivity contribution in [1.29, 1.82) is 0 Å². The molecule has 0 unspecified atom stereocenters. The SMILES string of the molecule is FC(F)=C(F)C(F)(F)N1CCCC1. The van der Waals surface area contributed by atoms with E-state index in [2.05, 4.69) is 0 Å². The largest absolute Gasteiger partial charge is 0.363 e. The number of hydrogen-bond donors (Lipinski definition) is 0. The lowest BCUT2D eigenvalue weighted by Crippen LogP contribution is -2.40. The number of alkyl halides is 2. The Labute approximate surface area is 71.8 Å². The molecule has 13 heavy (non-hydrogen) atoms. The van der Waals surface area contributed by atoms with Crippen LogP contribution in [0.3, 0.4) is 0 Å². The van der Waals surface area contributed by atoms with Crippen LogP contribution in [0.4, 0.5) is 22.0 Å². The third-order valence-corrected chi connectivity index (χ3v) is 1.93. The van der Waals surface area contributed by atoms with E-state index in [0.29, 0.717) is 17.7 Å². The van der Waals surface area contributed by atoms with Gasteiger partial charge in [0.2, 0.25) is 5.83 Å². The molecule has 0 amide bonds. The minimum Gasteiger partial charge on any atom is -0.238 e. The van der Waals surface area contributed by atoms with E-state index in [1.54, 1.807) is 0 Å². The molecule has 1 rings (SSSR count). The van der Waals surface area contributed by atoms with Crippen LogP contribution >= 0.6 is 0 Å². The first-order valence-electron chi connectivity index (χ1n) is 3.80. The van der Waals surface area contributed by atoms with Gasteiger partial charge in [0.25, 0.3) is 0 Å². The molecule has 1 aliphatic heterocycles. The first-order chi connectivity index (χ1) is 5.96. The van der Waals surface area contributed by atoms with Crippen molar-refractivity contribution in [2.75, 3.05) is 13.1 Å². The Kier molecular flexibility index (Phi) is 2.90. The van der Waals surface area contributed by atoms with E-state index < -0.39 is 18.0 Å². The maximum atomic E-state index is 12.8. The molecule has 1 saturated heterocycles. The summed E-state index contributed by atoms with van der Waals surface area (Å²) in [6.07, 6.45) is -1.98. The molecule has 0 aromatic heterocycles. The van der Waals surface area contributed by atoms with E-state index in [0.717, 1.165) is 0 Å². The number of likely N-dealkylation sites (tertiary alicyclic amines) is 1. The highest BCUT2D eigenvalue weighted by Crippen LogP contribution is 2.34. The Morgan fingerprint density at radius 1 is 1.00 bits per heavy atom. The van der Waals surface area contributed by atoms with E-state index in [9.17, 15) is 22.0 Å². The average molecular weight is 201 g/mol. The van der Waals surface area contributed by atoms with Crippen molar-refractivity contribution in [2.45, 2.75) is 18.9 Å². The Balaban J connectivity index is 2.80. The molecule has 1 aliphatic rings. The van der Waals surface area contributed by atoms with E-state index in [4.69, 9.17) is 0 Å². The van der Waals surface area contributed by atoms with Crippen molar-refractivity contribution >= 4 is 0 Å². The summed E-state index contributed by atoms with van der Waals surface area (Å²) in [5.74, 6) is -2.63. The summed E-state index contributed by atoms with van der Waals surface area (Å²) in [5.41, 5.74) is 0. The zero-order chi connectivity index (χ0) is 10.1. The Morgan fingerprint density at radius 2 is 1.46 bits per heavy atom. The van der Waals surface area contributed by atoms with E-state index in [1.165, 1.54) is 0 Å². The van der Waals surface area contributed by atoms with Gasteiger partial charge in [0.15, 0.2) is 0 Å². The smallest absolute Gasteiger partial charge is 0.238 e. The van der Waals surface area contributed by atoms with Crippen molar-refractivity contribution in [1.82, 2.24) is 4.90 Å². The fourth-order valence-corrected chi connectivity index (χ4v) is 1.25. The van der Waals surface area contributed by atoms with Gasteiger partial charge in [0.05, 0.1) is 0 Å². The van der Waals surface area contributed by atoms with Gasteiger partial charge in [-0.2, -0.15) is 22.0 Å². The van der Waals surface area contributed by atoms with Gasteiger partial charge in [0.1, 0.15) is 0 Å². The molecule has 0 N–H and O–H groups in total. The predicted molar refractivity (Wildman–Crippen MR) is 36.1 cm³/mol. The van der Waals surface area contributed by atoms with Crippen LogP contribution in [-0.2, 0) is 0 Å². The van der Waals surface area contributed by atoms with Crippen LogP contribution in [0, 0.1) is 0 Å². The first-order valence-corrected chi connectivity index (χ1v) is 3.80. The molecule has 6 heteroatoms. The first kappa shape index (κ1) is 10.4. The van der Waals surface area contributed by atoms with Gasteiger partial charge in [-0.05, 0) is 12.8 Å². The number of nitrogens with zero attached hydrogens (tertiary/aromatic N) is 1. The average Bonchev–Trinajstić information content (AvgIpc) is 2.54. The van der Waals surface area contributed by atoms with Crippen molar-refractivity contribution < 1.29 is 22.0 Å². The fraction of sp³-hybridized carbons (Fsp3) is 0.714. The van der Waals surface area contributed by atoms with Gasteiger partial charge in [-0.25, -0.2) is 4.90 Å². The van der Waals surface area contributed by atoms with Gasteiger partial charge in [-0.15, -0.1) is 0 Å². The second kappa shape index (κ2) is 3.61. The van der Waals surface area contributed by atoms with Crippen molar-refractivity contribution in [3.05, 3.63) is 11.9 Å². The summed E-state index contributed by atoms with van der Waals surface area (Å²) >= 11 is 0. The summed E-state index contributed by atoms with van der Waals surface area (Å²) in [4.78, 5) is 0.418. The fourth-order valence-electron chi connectivity index (χ4n) is 1.25. The second-order valence-electron chi connectivity index (χ2n) is 2.81. The molecule has 0 atom stereocenters. The summed E-state index contributed by atoms with van der Waals surface area (Å²) in [6.45, 7) is -0.0958. The molecule has 1 fully saturated rings. The third kappa shape index (κ3) is 1.99. The van der Waals surface area contributed by atoms with Gasteiger partial charge < -0.3 is 0 Å². The van der Waals surface area contributed by atoms with Crippen LogP contribution in [-0.4, -0.2) is 24.0 Å². The molecule has 1 heterocycles. The highest BCUT2D eigenvalue weighted by atomic mass is 19.3. The lowest BCUT2D eigenvalue weighted by Gasteiger charge is -2.24. The molecule has 0 radical (unpaired) electrons. The normalized spacial score (nSPS) is 19.2. The van der Waals surface area contributed by atoms with Crippen LogP contribution in [0.5, 0.6) is 0 Å². The van der Waals surface area contributed by atoms with Gasteiger partial charge in [0, 0.05) is 13.1 Å². The Bertz CT molecular complexity index is 215. The summed E-state index contributed by atoms with van der Waals surface area (Å²) in [6, 6.07) is -4.14. The molecular weight excluding hydrogens is 193 g/mol. The van der Waals surface area contributed by atoms with Gasteiger partial charge in [-0.3, -0.25) is 0 Å². The van der Waals surface area contributed by atoms with Crippen LogP contribution in [0.25, 0.3) is 0 Å². The minimum absolute atomic E-state index is 0.0479. The lowest BCUT2D eigenvalue weighted by molar-refractivity contribution is -0.121. The number of hydrogen-bond acceptors (Lipinski definition) is 1. The molecule has 76 valence electrons. The molecule has 1 nitrogen and oxygen atoms in total. The van der Waals surface area contributed by atoms with Crippen LogP contribution in [0.15, 0.2) is 11.9 Å². The molecule has 0 saturated carbocycles. The van der Waals surface area contributed by atoms with E-state index in [-0.39, 0.29) is 13.1 Å². The summed E-state index contributed by atoms with van der Waals surface area (Å²) in [5, 5.41) is 0. The van der Waals surface area contributed by atoms with Gasteiger partial charge in [-0.1, -0.05) is 0 Å². The predicted octanol–water partition coefficient (Wildman–Crippen LogP) is 2.75. The highest BCUT2D eigenvalue weighted by Gasteiger charge is 2.46. The zero-order valence-corrected chi connectivity index (χ0v) is 6.67. The lowest BCUT2D eigenvalue weighted by atomic mass is 10.4. The number of rotatable bonds is 2. The third-order valence-electron chi connectivity index (χ3n) is 1.93. The maximum Gasteiger partial charge on any atom is 0.363 e. The van der Waals surface area contributed by atoms with E-state index >= 15 is 0 Å². The molecule has 0 aliphatic carbocycles. The Morgan fingerprint density at radius 3 is 1.85 bits per heavy atom. The summed E-state index contributed by atoms with van der Waals surface area (Å²) < 4.78 is 61.0. The Hall–Kier alpha value is -0.650. The quantitative estimate of drug-likeness (QED) is 0.490. The molecule has 0 spiro atoms. The van der Waals surface area contributed by atoms with Crippen molar-refractivity contribution in [3.8, 4) is 0 Å². The van der Waals surface area contributed by atoms with Crippen molar-refractivity contribution in [3.63, 3.8) is 0 Å². The van der Waals surface area contributed by atoms with Gasteiger partial charge >= 0.3 is 12.1 Å². The van der Waals surface area contributed by atoms with Crippen LogP contribution < -0.4 is 0 Å². The van der Waals surface area contributed by atoms with Crippen LogP contribution in [0.2, 0.25) is 0 Å². The molecule has 0 bridgehead atoms. The molecular formula is C7H8F5N. The second-order valence-corrected chi connectivity index (χ2v) is 2.81. The monoisotopic (exact) mass is 201 g/mol. The molecule has 0 aromatic carbocycles. The standard InChI is InChI=1S/C7H8F5N/c8-5(6(9)10)7(11,12)13-3-1-2-4-13/h1-4H2. The highest BCUT2D eigenvalue weighted by molar-refractivity contribution is 5.04. The van der Waals surface area contributed by atoms with Crippen LogP contribution in [0.1, 0.15) is 12.8 Å². The molecule has 0 aromatic rings. The topological polar surface area (TPSA) is 3.24 Å². The zero-order valence-electron chi connectivity index (χ0n) is 6.67. The van der Waals surface area contributed by atoms with E-state index in [1.807, 2.05) is 0 Å². The minimum atomic E-state index is -4.14. The number of halogens is 5.